The molecule has 174 valence electrons. The predicted octanol–water partition coefficient (Wildman–Crippen LogP) is 2.08. The average molecular weight is 482 g/mol. The zero-order valence-electron chi connectivity index (χ0n) is 18.4. The van der Waals surface area contributed by atoms with Gasteiger partial charge >= 0.3 is 0 Å². The number of piperidine rings is 1. The summed E-state index contributed by atoms with van der Waals surface area (Å²) in [5, 5.41) is 7.51. The van der Waals surface area contributed by atoms with Crippen LogP contribution in [0.25, 0.3) is 22.4 Å². The fourth-order valence-electron chi connectivity index (χ4n) is 5.75. The minimum atomic E-state index is -1.48. The molecule has 1 aromatic carbocycles. The van der Waals surface area contributed by atoms with E-state index in [1.165, 1.54) is 0 Å². The van der Waals surface area contributed by atoms with Crippen molar-refractivity contribution in [1.82, 2.24) is 20.4 Å². The Balaban J connectivity index is 1.61. The zero-order chi connectivity index (χ0) is 23.8. The van der Waals surface area contributed by atoms with Crippen LogP contribution in [0.1, 0.15) is 25.8 Å². The van der Waals surface area contributed by atoms with Crippen molar-refractivity contribution in [2.75, 3.05) is 11.4 Å². The summed E-state index contributed by atoms with van der Waals surface area (Å²) in [5.74, 6) is -1.61. The summed E-state index contributed by atoms with van der Waals surface area (Å²) in [6, 6.07) is 1.21. The van der Waals surface area contributed by atoms with Gasteiger partial charge in [-0.15, -0.1) is 0 Å². The smallest absolute Gasteiger partial charge is 0.242 e. The number of morpholine rings is 1. The van der Waals surface area contributed by atoms with Crippen LogP contribution in [0.2, 0.25) is 5.02 Å². The summed E-state index contributed by atoms with van der Waals surface area (Å²) in [5.41, 5.74) is 1.25. The quantitative estimate of drug-likeness (QED) is 0.410. The standard InChI is InChI=1S/C23H20ClN5O5/c1-10-9-29-19-12(5-13-18(14-8-25-3-4-26-14)28-34-20(13)17(19)24)7-23(21(29)11(2)33-10)15(30)6-16(31)27-22(23)32/h3-5,8,10-11,21H,6-7,9H2,1-2H3,(H,27,31,32)/t10-,11+,21-,23?/m1/s1. The SMILES string of the molecule is C[C@@H]1CN2c3c(cc4c(-c5cnccn5)noc4c3Cl)CC3(C(=O)CC(=O)NC3=O)[C@H]2[C@H](C)O1. The first kappa shape index (κ1) is 21.2. The van der Waals surface area contributed by atoms with Crippen LogP contribution < -0.4 is 10.2 Å². The molecule has 3 aliphatic heterocycles. The molecule has 2 aromatic heterocycles. The number of anilines is 1. The molecule has 1 unspecified atom stereocenters. The van der Waals surface area contributed by atoms with E-state index < -0.39 is 35.2 Å². The van der Waals surface area contributed by atoms with Crippen LogP contribution in [0.15, 0.2) is 29.2 Å². The van der Waals surface area contributed by atoms with Crippen molar-refractivity contribution in [3.8, 4) is 11.4 Å². The summed E-state index contributed by atoms with van der Waals surface area (Å²) in [6.07, 6.45) is 3.75. The fraction of sp³-hybridized carbons (Fsp3) is 0.391. The summed E-state index contributed by atoms with van der Waals surface area (Å²) >= 11 is 6.91. The van der Waals surface area contributed by atoms with Crippen LogP contribution in [0.3, 0.4) is 0 Å². The van der Waals surface area contributed by atoms with Crippen LogP contribution in [-0.4, -0.2) is 57.5 Å². The monoisotopic (exact) mass is 481 g/mol. The summed E-state index contributed by atoms with van der Waals surface area (Å²) in [6.45, 7) is 4.17. The number of Topliss-reactive ketones (excluding diaryl/α,β-unsaturated/α-hetero) is 1. The topological polar surface area (TPSA) is 128 Å². The van der Waals surface area contributed by atoms with Gasteiger partial charge in [0.15, 0.2) is 11.4 Å². The van der Waals surface area contributed by atoms with E-state index in [0.717, 1.165) is 0 Å². The van der Waals surface area contributed by atoms with Crippen LogP contribution >= 0.6 is 11.6 Å². The number of carbonyl (C=O) groups excluding carboxylic acids is 3. The van der Waals surface area contributed by atoms with Gasteiger partial charge in [-0.05, 0) is 31.9 Å². The van der Waals surface area contributed by atoms with E-state index in [0.29, 0.717) is 45.2 Å². The third kappa shape index (κ3) is 2.78. The molecule has 5 heterocycles. The molecule has 3 aliphatic rings. The third-order valence-electron chi connectivity index (χ3n) is 6.98. The first-order valence-corrected chi connectivity index (χ1v) is 11.4. The van der Waals surface area contributed by atoms with Crippen LogP contribution in [0, 0.1) is 5.41 Å². The Morgan fingerprint density at radius 1 is 1.24 bits per heavy atom. The lowest BCUT2D eigenvalue weighted by molar-refractivity contribution is -0.158. The Morgan fingerprint density at radius 3 is 2.79 bits per heavy atom. The van der Waals surface area contributed by atoms with Crippen LogP contribution in [0.4, 0.5) is 5.69 Å². The van der Waals surface area contributed by atoms with Crippen molar-refractivity contribution < 1.29 is 23.6 Å². The van der Waals surface area contributed by atoms with E-state index in [9.17, 15) is 14.4 Å². The number of imide groups is 1. The first-order valence-electron chi connectivity index (χ1n) is 11.0. The highest BCUT2D eigenvalue weighted by atomic mass is 35.5. The van der Waals surface area contributed by atoms with E-state index in [4.69, 9.17) is 20.9 Å². The minimum absolute atomic E-state index is 0.0737. The van der Waals surface area contributed by atoms with Gasteiger partial charge in [-0.3, -0.25) is 29.7 Å². The molecular weight excluding hydrogens is 462 g/mol. The van der Waals surface area contributed by atoms with Gasteiger partial charge in [-0.1, -0.05) is 16.8 Å². The number of benzene rings is 1. The molecule has 34 heavy (non-hydrogen) atoms. The molecule has 1 N–H and O–H groups in total. The number of amides is 2. The fourth-order valence-corrected chi connectivity index (χ4v) is 6.12. The number of fused-ring (bicyclic) bond motifs is 5. The number of aromatic nitrogens is 3. The Morgan fingerprint density at radius 2 is 2.06 bits per heavy atom. The number of hydrogen-bond donors (Lipinski definition) is 1. The number of rotatable bonds is 1. The molecule has 4 atom stereocenters. The largest absolute Gasteiger partial charge is 0.372 e. The predicted molar refractivity (Wildman–Crippen MR) is 120 cm³/mol. The van der Waals surface area contributed by atoms with Crippen LogP contribution in [0.5, 0.6) is 0 Å². The highest BCUT2D eigenvalue weighted by molar-refractivity contribution is 6.38. The molecule has 0 aliphatic carbocycles. The number of nitrogens with one attached hydrogen (secondary N) is 1. The number of hydrogen-bond acceptors (Lipinski definition) is 9. The second kappa shape index (κ2) is 7.31. The van der Waals surface area contributed by atoms with Crippen molar-refractivity contribution in [1.29, 1.82) is 0 Å². The molecule has 6 rings (SSSR count). The van der Waals surface area contributed by atoms with E-state index in [1.54, 1.807) is 18.6 Å². The highest BCUT2D eigenvalue weighted by Gasteiger charge is 2.62. The van der Waals surface area contributed by atoms with Crippen molar-refractivity contribution in [3.05, 3.63) is 35.2 Å². The average Bonchev–Trinajstić information content (AvgIpc) is 3.21. The van der Waals surface area contributed by atoms with Crippen molar-refractivity contribution >= 4 is 45.9 Å². The Kier molecular flexibility index (Phi) is 4.56. The van der Waals surface area contributed by atoms with Crippen molar-refractivity contribution in [2.24, 2.45) is 5.41 Å². The molecule has 3 aromatic rings. The van der Waals surface area contributed by atoms with Gasteiger partial charge in [0.05, 0.1) is 41.9 Å². The van der Waals surface area contributed by atoms with E-state index in [1.807, 2.05) is 24.8 Å². The first-order chi connectivity index (χ1) is 16.3. The lowest BCUT2D eigenvalue weighted by Gasteiger charge is -2.55. The third-order valence-corrected chi connectivity index (χ3v) is 7.33. The molecule has 1 spiro atoms. The number of halogens is 1. The summed E-state index contributed by atoms with van der Waals surface area (Å²) in [4.78, 5) is 49.1. The molecule has 0 radical (unpaired) electrons. The highest BCUT2D eigenvalue weighted by Crippen LogP contribution is 2.52. The molecule has 2 amide bonds. The number of nitrogens with zero attached hydrogens (tertiary/aromatic N) is 4. The van der Waals surface area contributed by atoms with Gasteiger partial charge in [-0.2, -0.15) is 0 Å². The molecule has 11 heteroatoms. The second-order valence-corrected chi connectivity index (χ2v) is 9.45. The van der Waals surface area contributed by atoms with Gasteiger partial charge in [0.25, 0.3) is 0 Å². The van der Waals surface area contributed by atoms with E-state index in [-0.39, 0.29) is 18.9 Å². The minimum Gasteiger partial charge on any atom is -0.372 e. The van der Waals surface area contributed by atoms with Gasteiger partial charge in [0, 0.05) is 18.9 Å². The molecular formula is C23H20ClN5O5. The Bertz CT molecular complexity index is 1350. The van der Waals surface area contributed by atoms with Gasteiger partial charge in [0.1, 0.15) is 21.8 Å². The Hall–Kier alpha value is -3.37. The molecule has 0 bridgehead atoms. The summed E-state index contributed by atoms with van der Waals surface area (Å²) in [7, 11) is 0. The molecule has 10 nitrogen and oxygen atoms in total. The second-order valence-electron chi connectivity index (χ2n) is 9.07. The lowest BCUT2D eigenvalue weighted by atomic mass is 9.63. The maximum atomic E-state index is 13.4. The number of carbonyl (C=O) groups is 3. The van der Waals surface area contributed by atoms with Crippen LogP contribution in [-0.2, 0) is 25.5 Å². The number of ketones is 1. The van der Waals surface area contributed by atoms with E-state index in [2.05, 4.69) is 20.4 Å². The zero-order valence-corrected chi connectivity index (χ0v) is 19.1. The molecule has 0 saturated carbocycles. The van der Waals surface area contributed by atoms with Gasteiger partial charge in [0.2, 0.25) is 11.8 Å². The molecule has 2 fully saturated rings. The normalized spacial score (nSPS) is 28.7. The number of ether oxygens (including phenoxy) is 1. The van der Waals surface area contributed by atoms with E-state index >= 15 is 0 Å². The lowest BCUT2D eigenvalue weighted by Crippen LogP contribution is -2.72. The van der Waals surface area contributed by atoms with Gasteiger partial charge in [-0.25, -0.2) is 0 Å². The Labute approximate surface area is 198 Å². The maximum Gasteiger partial charge on any atom is 0.242 e. The van der Waals surface area contributed by atoms with Crippen molar-refractivity contribution in [3.63, 3.8) is 0 Å². The van der Waals surface area contributed by atoms with Gasteiger partial charge < -0.3 is 14.2 Å². The summed E-state index contributed by atoms with van der Waals surface area (Å²) < 4.78 is 11.7. The maximum absolute atomic E-state index is 13.4. The van der Waals surface area contributed by atoms with Crippen molar-refractivity contribution in [2.45, 2.75) is 44.9 Å². The molecule has 2 saturated heterocycles.